The second-order valence-corrected chi connectivity index (χ2v) is 7.61. The summed E-state index contributed by atoms with van der Waals surface area (Å²) >= 11 is 1.80. The van der Waals surface area contributed by atoms with Crippen LogP contribution in [0.2, 0.25) is 0 Å². The molecule has 3 atom stereocenters. The normalized spacial score (nSPS) is 27.6. The number of amides is 1. The van der Waals surface area contributed by atoms with Crippen molar-refractivity contribution >= 4 is 17.7 Å². The number of aliphatic hydroxyl groups is 1. The molecule has 2 aliphatic rings. The van der Waals surface area contributed by atoms with Crippen LogP contribution in [-0.4, -0.2) is 39.5 Å². The molecule has 2 saturated heterocycles. The summed E-state index contributed by atoms with van der Waals surface area (Å²) in [6.45, 7) is 0.839. The molecule has 122 valence electrons. The molecule has 2 fully saturated rings. The second-order valence-electron chi connectivity index (χ2n) is 6.30. The van der Waals surface area contributed by atoms with Gasteiger partial charge in [-0.3, -0.25) is 4.79 Å². The molecule has 0 saturated carbocycles. The van der Waals surface area contributed by atoms with Crippen LogP contribution in [0.4, 0.5) is 0 Å². The Labute approximate surface area is 136 Å². The molecule has 0 bridgehead atoms. The molecule has 0 aliphatic carbocycles. The standard InChI is InChI=1S/C17H25NO3S/c19-14(15-7-4-10-21-15)12-13-6-2-1-3-9-18(13)17(20)16-8-5-11-22-16/h4,7,10,13-14,16,19H,1-3,5-6,8-9,11-12H2. The Balaban J connectivity index is 1.68. The monoisotopic (exact) mass is 323 g/mol. The first-order chi connectivity index (χ1) is 10.8. The van der Waals surface area contributed by atoms with E-state index in [4.69, 9.17) is 4.42 Å². The predicted octanol–water partition coefficient (Wildman–Crippen LogP) is 3.37. The molecule has 5 heteroatoms. The Kier molecular flexibility index (Phi) is 5.47. The van der Waals surface area contributed by atoms with Crippen LogP contribution in [0, 0.1) is 0 Å². The van der Waals surface area contributed by atoms with Crippen molar-refractivity contribution in [2.24, 2.45) is 0 Å². The summed E-state index contributed by atoms with van der Waals surface area (Å²) in [4.78, 5) is 14.9. The molecule has 3 unspecified atom stereocenters. The van der Waals surface area contributed by atoms with Gasteiger partial charge in [0.15, 0.2) is 0 Å². The fourth-order valence-corrected chi connectivity index (χ4v) is 4.75. The molecule has 1 aromatic heterocycles. The van der Waals surface area contributed by atoms with E-state index in [1.54, 1.807) is 30.2 Å². The van der Waals surface area contributed by atoms with Crippen molar-refractivity contribution in [3.63, 3.8) is 0 Å². The zero-order valence-corrected chi connectivity index (χ0v) is 13.8. The highest BCUT2D eigenvalue weighted by Crippen LogP contribution is 2.32. The Bertz CT molecular complexity index is 470. The highest BCUT2D eigenvalue weighted by Gasteiger charge is 2.33. The Morgan fingerprint density at radius 2 is 2.27 bits per heavy atom. The van der Waals surface area contributed by atoms with Crippen LogP contribution in [0.3, 0.4) is 0 Å². The molecular formula is C17H25NO3S. The van der Waals surface area contributed by atoms with Crippen LogP contribution in [0.1, 0.15) is 56.8 Å². The number of carbonyl (C=O) groups is 1. The van der Waals surface area contributed by atoms with Crippen molar-refractivity contribution < 1.29 is 14.3 Å². The zero-order chi connectivity index (χ0) is 15.4. The molecule has 1 N–H and O–H groups in total. The van der Waals surface area contributed by atoms with Crippen molar-refractivity contribution in [3.05, 3.63) is 24.2 Å². The first-order valence-corrected chi connectivity index (χ1v) is 9.44. The number of furan rings is 1. The van der Waals surface area contributed by atoms with Crippen LogP contribution in [0.5, 0.6) is 0 Å². The van der Waals surface area contributed by atoms with Gasteiger partial charge in [0.25, 0.3) is 0 Å². The first kappa shape index (κ1) is 15.9. The largest absolute Gasteiger partial charge is 0.467 e. The van der Waals surface area contributed by atoms with Gasteiger partial charge in [-0.05, 0) is 43.6 Å². The maximum Gasteiger partial charge on any atom is 0.235 e. The number of carbonyl (C=O) groups excluding carboxylic acids is 1. The predicted molar refractivity (Wildman–Crippen MR) is 87.7 cm³/mol. The van der Waals surface area contributed by atoms with Crippen molar-refractivity contribution in [1.29, 1.82) is 0 Å². The minimum Gasteiger partial charge on any atom is -0.467 e. The van der Waals surface area contributed by atoms with Crippen LogP contribution < -0.4 is 0 Å². The summed E-state index contributed by atoms with van der Waals surface area (Å²) in [5.41, 5.74) is 0. The fourth-order valence-electron chi connectivity index (χ4n) is 3.52. The minimum absolute atomic E-state index is 0.135. The molecular weight excluding hydrogens is 298 g/mol. The van der Waals surface area contributed by atoms with Crippen LogP contribution in [0.15, 0.2) is 22.8 Å². The number of nitrogens with zero attached hydrogens (tertiary/aromatic N) is 1. The van der Waals surface area contributed by atoms with E-state index >= 15 is 0 Å². The summed E-state index contributed by atoms with van der Waals surface area (Å²) in [6.07, 6.45) is 8.08. The van der Waals surface area contributed by atoms with Gasteiger partial charge in [-0.25, -0.2) is 0 Å². The van der Waals surface area contributed by atoms with Crippen molar-refractivity contribution in [2.75, 3.05) is 12.3 Å². The van der Waals surface area contributed by atoms with Gasteiger partial charge < -0.3 is 14.4 Å². The average Bonchev–Trinajstić information content (AvgIpc) is 3.18. The lowest BCUT2D eigenvalue weighted by Gasteiger charge is -2.33. The third-order valence-electron chi connectivity index (χ3n) is 4.73. The molecule has 0 radical (unpaired) electrons. The lowest BCUT2D eigenvalue weighted by molar-refractivity contribution is -0.133. The molecule has 22 heavy (non-hydrogen) atoms. The summed E-state index contributed by atoms with van der Waals surface area (Å²) in [5.74, 6) is 2.00. The number of likely N-dealkylation sites (tertiary alicyclic amines) is 1. The number of hydrogen-bond donors (Lipinski definition) is 1. The molecule has 1 aromatic rings. The second kappa shape index (κ2) is 7.55. The van der Waals surface area contributed by atoms with Gasteiger partial charge >= 0.3 is 0 Å². The van der Waals surface area contributed by atoms with E-state index in [0.717, 1.165) is 44.4 Å². The number of thioether (sulfide) groups is 1. The Morgan fingerprint density at radius 1 is 1.36 bits per heavy atom. The number of hydrogen-bond acceptors (Lipinski definition) is 4. The van der Waals surface area contributed by atoms with Crippen molar-refractivity contribution in [1.82, 2.24) is 4.90 Å². The highest BCUT2D eigenvalue weighted by molar-refractivity contribution is 8.00. The number of aliphatic hydroxyl groups excluding tert-OH is 1. The number of rotatable bonds is 4. The lowest BCUT2D eigenvalue weighted by Crippen LogP contribution is -2.44. The third kappa shape index (κ3) is 3.69. The minimum atomic E-state index is -0.621. The maximum atomic E-state index is 12.8. The topological polar surface area (TPSA) is 53.7 Å². The molecule has 0 aromatic carbocycles. The van der Waals surface area contributed by atoms with E-state index in [2.05, 4.69) is 4.90 Å². The molecule has 2 aliphatic heterocycles. The van der Waals surface area contributed by atoms with Gasteiger partial charge in [-0.1, -0.05) is 12.8 Å². The summed E-state index contributed by atoms with van der Waals surface area (Å²) in [5, 5.41) is 10.5. The summed E-state index contributed by atoms with van der Waals surface area (Å²) in [6, 6.07) is 3.74. The molecule has 3 heterocycles. The molecule has 1 amide bonds. The SMILES string of the molecule is O=C(C1CCCS1)N1CCCCCC1CC(O)c1ccco1. The quantitative estimate of drug-likeness (QED) is 0.923. The van der Waals surface area contributed by atoms with Crippen molar-refractivity contribution in [3.8, 4) is 0 Å². The average molecular weight is 323 g/mol. The van der Waals surface area contributed by atoms with Gasteiger partial charge in [0.05, 0.1) is 11.5 Å². The summed E-state index contributed by atoms with van der Waals surface area (Å²) in [7, 11) is 0. The Morgan fingerprint density at radius 3 is 3.00 bits per heavy atom. The van der Waals surface area contributed by atoms with Crippen molar-refractivity contribution in [2.45, 2.75) is 62.3 Å². The van der Waals surface area contributed by atoms with Gasteiger partial charge in [0.2, 0.25) is 5.91 Å². The zero-order valence-electron chi connectivity index (χ0n) is 12.9. The van der Waals surface area contributed by atoms with Gasteiger partial charge in [0, 0.05) is 19.0 Å². The van der Waals surface area contributed by atoms with Gasteiger partial charge in [-0.15, -0.1) is 11.8 Å². The Hall–Kier alpha value is -0.940. The summed E-state index contributed by atoms with van der Waals surface area (Å²) < 4.78 is 5.31. The van der Waals surface area contributed by atoms with E-state index < -0.39 is 6.10 Å². The van der Waals surface area contributed by atoms with Crippen LogP contribution in [0.25, 0.3) is 0 Å². The van der Waals surface area contributed by atoms with Crippen LogP contribution >= 0.6 is 11.8 Å². The smallest absolute Gasteiger partial charge is 0.235 e. The van der Waals surface area contributed by atoms with E-state index in [1.807, 2.05) is 0 Å². The molecule has 3 rings (SSSR count). The van der Waals surface area contributed by atoms with E-state index in [-0.39, 0.29) is 11.3 Å². The maximum absolute atomic E-state index is 12.8. The highest BCUT2D eigenvalue weighted by atomic mass is 32.2. The van der Waals surface area contributed by atoms with Gasteiger partial charge in [0.1, 0.15) is 11.9 Å². The van der Waals surface area contributed by atoms with E-state index in [0.29, 0.717) is 18.1 Å². The lowest BCUT2D eigenvalue weighted by atomic mass is 10.0. The van der Waals surface area contributed by atoms with E-state index in [9.17, 15) is 9.90 Å². The first-order valence-electron chi connectivity index (χ1n) is 8.39. The third-order valence-corrected chi connectivity index (χ3v) is 6.10. The molecule has 4 nitrogen and oxygen atoms in total. The van der Waals surface area contributed by atoms with Crippen LogP contribution in [-0.2, 0) is 4.79 Å². The van der Waals surface area contributed by atoms with Gasteiger partial charge in [-0.2, -0.15) is 0 Å². The fraction of sp³-hybridized carbons (Fsp3) is 0.706. The molecule has 0 spiro atoms. The van der Waals surface area contributed by atoms with E-state index in [1.165, 1.54) is 6.42 Å².